The van der Waals surface area contributed by atoms with Crippen molar-refractivity contribution in [1.29, 1.82) is 0 Å². The van der Waals surface area contributed by atoms with Crippen molar-refractivity contribution in [2.75, 3.05) is 9.80 Å². The van der Waals surface area contributed by atoms with Gasteiger partial charge in [0.15, 0.2) is 0 Å². The molecule has 0 N–H and O–H groups in total. The standard InChI is InChI=1S/C52H48BN3/c1-33-28-36(52(6,7)8)29-34(2)49(33)56-45-27-26-35(51(3,4)5)30-43(45)53-42-24-17-23-41-40-22-15-16-25-44(40)55(50(41)42)46-31-39(32-47(56)48(46)53)54(37-18-11-9-12-19-37)38-20-13-10-14-21-38/h9-32H,1-8H3. The van der Waals surface area contributed by atoms with Gasteiger partial charge in [-0.3, -0.25) is 0 Å². The maximum absolute atomic E-state index is 2.61. The highest BCUT2D eigenvalue weighted by Crippen LogP contribution is 2.48. The number of nitrogens with zero attached hydrogens (tertiary/aromatic N) is 3. The second-order valence-corrected chi connectivity index (χ2v) is 18.0. The van der Waals surface area contributed by atoms with Crippen molar-refractivity contribution < 1.29 is 0 Å². The van der Waals surface area contributed by atoms with Crippen LogP contribution in [0.15, 0.2) is 146 Å². The molecule has 56 heavy (non-hydrogen) atoms. The zero-order chi connectivity index (χ0) is 38.7. The molecule has 0 spiro atoms. The van der Waals surface area contributed by atoms with E-state index in [0.29, 0.717) is 0 Å². The Morgan fingerprint density at radius 2 is 1.07 bits per heavy atom. The predicted molar refractivity (Wildman–Crippen MR) is 242 cm³/mol. The lowest BCUT2D eigenvalue weighted by Crippen LogP contribution is -2.60. The van der Waals surface area contributed by atoms with Crippen LogP contribution in [0.4, 0.5) is 34.1 Å². The molecule has 0 fully saturated rings. The van der Waals surface area contributed by atoms with Crippen LogP contribution in [0.2, 0.25) is 0 Å². The molecule has 0 amide bonds. The van der Waals surface area contributed by atoms with Gasteiger partial charge in [0.2, 0.25) is 0 Å². The van der Waals surface area contributed by atoms with Crippen LogP contribution in [-0.2, 0) is 10.8 Å². The van der Waals surface area contributed by atoms with E-state index in [1.54, 1.807) is 0 Å². The summed E-state index contributed by atoms with van der Waals surface area (Å²) in [5, 5.41) is 2.59. The molecule has 0 saturated heterocycles. The molecule has 8 aromatic rings. The highest BCUT2D eigenvalue weighted by atomic mass is 15.2. The van der Waals surface area contributed by atoms with E-state index >= 15 is 0 Å². The molecule has 0 aliphatic carbocycles. The Bertz CT molecular complexity index is 2790. The van der Waals surface area contributed by atoms with Crippen molar-refractivity contribution >= 4 is 79.0 Å². The number of rotatable bonds is 4. The number of hydrogen-bond donors (Lipinski definition) is 0. The van der Waals surface area contributed by atoms with E-state index in [2.05, 4.69) is 215 Å². The molecule has 1 aromatic heterocycles. The molecule has 0 saturated carbocycles. The first-order valence-electron chi connectivity index (χ1n) is 20.1. The monoisotopic (exact) mass is 725 g/mol. The van der Waals surface area contributed by atoms with E-state index in [9.17, 15) is 0 Å². The molecular formula is C52H48BN3. The summed E-state index contributed by atoms with van der Waals surface area (Å²) in [6.45, 7) is 18.6. The SMILES string of the molecule is Cc1cc(C(C)(C)C)cc(C)c1N1c2ccc(C(C)(C)C)cc2B2c3c1cc(N(c1ccccc1)c1ccccc1)cc3-n1c3ccccc3c3cccc2c31. The first kappa shape index (κ1) is 34.5. The lowest BCUT2D eigenvalue weighted by Gasteiger charge is -2.43. The number of benzene rings is 7. The van der Waals surface area contributed by atoms with E-state index < -0.39 is 0 Å². The van der Waals surface area contributed by atoms with E-state index in [0.717, 1.165) is 17.1 Å². The summed E-state index contributed by atoms with van der Waals surface area (Å²) in [7, 11) is 0. The quantitative estimate of drug-likeness (QED) is 0.167. The Hall–Kier alpha value is -6.00. The van der Waals surface area contributed by atoms with Gasteiger partial charge in [0.05, 0.1) is 16.9 Å². The summed E-state index contributed by atoms with van der Waals surface area (Å²) in [5.74, 6) is 0. The summed E-state index contributed by atoms with van der Waals surface area (Å²) in [5.41, 5.74) is 20.3. The summed E-state index contributed by atoms with van der Waals surface area (Å²) in [4.78, 5) is 5.04. The molecule has 274 valence electrons. The van der Waals surface area contributed by atoms with Gasteiger partial charge in [0.25, 0.3) is 6.71 Å². The molecule has 3 nitrogen and oxygen atoms in total. The number of hydrogen-bond acceptors (Lipinski definition) is 2. The molecule has 10 rings (SSSR count). The van der Waals surface area contributed by atoms with E-state index in [4.69, 9.17) is 0 Å². The lowest BCUT2D eigenvalue weighted by molar-refractivity contribution is 0.589. The van der Waals surface area contributed by atoms with Crippen molar-refractivity contribution in [3.63, 3.8) is 0 Å². The zero-order valence-corrected chi connectivity index (χ0v) is 33.8. The molecule has 3 heterocycles. The number of aromatic nitrogens is 1. The minimum absolute atomic E-state index is 0.00550. The molecule has 0 unspecified atom stereocenters. The molecule has 0 atom stereocenters. The molecule has 0 radical (unpaired) electrons. The van der Waals surface area contributed by atoms with Crippen molar-refractivity contribution in [3.8, 4) is 5.69 Å². The van der Waals surface area contributed by atoms with Crippen LogP contribution in [0, 0.1) is 13.8 Å². The van der Waals surface area contributed by atoms with Crippen molar-refractivity contribution in [2.45, 2.75) is 66.2 Å². The fourth-order valence-electron chi connectivity index (χ4n) is 9.58. The lowest BCUT2D eigenvalue weighted by atomic mass is 9.33. The van der Waals surface area contributed by atoms with Crippen molar-refractivity contribution in [1.82, 2.24) is 4.57 Å². The molecule has 0 bridgehead atoms. The molecule has 4 heteroatoms. The average Bonchev–Trinajstić information content (AvgIpc) is 3.52. The fourth-order valence-corrected chi connectivity index (χ4v) is 9.58. The topological polar surface area (TPSA) is 11.4 Å². The second-order valence-electron chi connectivity index (χ2n) is 18.0. The first-order chi connectivity index (χ1) is 26.9. The Morgan fingerprint density at radius 1 is 0.482 bits per heavy atom. The van der Waals surface area contributed by atoms with Gasteiger partial charge in [-0.1, -0.05) is 139 Å². The van der Waals surface area contributed by atoms with Gasteiger partial charge in [-0.05, 0) is 112 Å². The normalized spacial score (nSPS) is 13.3. The summed E-state index contributed by atoms with van der Waals surface area (Å²) in [6, 6.07) is 54.7. The highest BCUT2D eigenvalue weighted by molar-refractivity contribution is 7.00. The molecule has 2 aliphatic rings. The second kappa shape index (κ2) is 12.3. The van der Waals surface area contributed by atoms with Gasteiger partial charge in [-0.25, -0.2) is 0 Å². The van der Waals surface area contributed by atoms with Gasteiger partial charge in [-0.2, -0.15) is 0 Å². The third kappa shape index (κ3) is 5.11. The Balaban J connectivity index is 1.38. The van der Waals surface area contributed by atoms with Crippen LogP contribution >= 0.6 is 0 Å². The van der Waals surface area contributed by atoms with E-state index in [-0.39, 0.29) is 17.5 Å². The average molecular weight is 726 g/mol. The smallest absolute Gasteiger partial charge is 0.252 e. The highest BCUT2D eigenvalue weighted by Gasteiger charge is 2.43. The van der Waals surface area contributed by atoms with Gasteiger partial charge in [0, 0.05) is 44.7 Å². The maximum Gasteiger partial charge on any atom is 0.252 e. The third-order valence-corrected chi connectivity index (χ3v) is 12.2. The fraction of sp³-hybridized carbons (Fsp3) is 0.192. The van der Waals surface area contributed by atoms with E-state index in [1.165, 1.54) is 83.2 Å². The van der Waals surface area contributed by atoms with Gasteiger partial charge >= 0.3 is 0 Å². The summed E-state index contributed by atoms with van der Waals surface area (Å²) >= 11 is 0. The van der Waals surface area contributed by atoms with Crippen LogP contribution < -0.4 is 26.2 Å². The van der Waals surface area contributed by atoms with Crippen LogP contribution in [0.1, 0.15) is 63.8 Å². The van der Waals surface area contributed by atoms with Crippen LogP contribution in [-0.4, -0.2) is 11.3 Å². The largest absolute Gasteiger partial charge is 0.311 e. The van der Waals surface area contributed by atoms with Crippen LogP contribution in [0.3, 0.4) is 0 Å². The Kier molecular flexibility index (Phi) is 7.55. The number of para-hydroxylation sites is 4. The number of anilines is 6. The summed E-state index contributed by atoms with van der Waals surface area (Å²) in [6.07, 6.45) is 0. The molecule has 7 aromatic carbocycles. The van der Waals surface area contributed by atoms with Gasteiger partial charge in [-0.15, -0.1) is 0 Å². The van der Waals surface area contributed by atoms with Crippen molar-refractivity contribution in [2.24, 2.45) is 0 Å². The Labute approximate surface area is 331 Å². The number of fused-ring (bicyclic) bond motifs is 7. The Morgan fingerprint density at radius 3 is 1.71 bits per heavy atom. The van der Waals surface area contributed by atoms with Gasteiger partial charge in [0.1, 0.15) is 0 Å². The maximum atomic E-state index is 2.61. The van der Waals surface area contributed by atoms with Crippen LogP contribution in [0.5, 0.6) is 0 Å². The minimum Gasteiger partial charge on any atom is -0.311 e. The zero-order valence-electron chi connectivity index (χ0n) is 33.8. The van der Waals surface area contributed by atoms with Crippen molar-refractivity contribution in [3.05, 3.63) is 168 Å². The van der Waals surface area contributed by atoms with Gasteiger partial charge < -0.3 is 14.4 Å². The van der Waals surface area contributed by atoms with E-state index in [1.807, 2.05) is 0 Å². The first-order valence-corrected chi connectivity index (χ1v) is 20.1. The van der Waals surface area contributed by atoms with Crippen LogP contribution in [0.25, 0.3) is 27.5 Å². The summed E-state index contributed by atoms with van der Waals surface area (Å²) < 4.78 is 2.58. The third-order valence-electron chi connectivity index (χ3n) is 12.2. The molecular weight excluding hydrogens is 677 g/mol. The predicted octanol–water partition coefficient (Wildman–Crippen LogP) is 12.1. The minimum atomic E-state index is -0.00550. The number of aryl methyl sites for hydroxylation is 2. The molecule has 2 aliphatic heterocycles.